The van der Waals surface area contributed by atoms with Crippen molar-refractivity contribution in [2.24, 2.45) is 12.8 Å². The highest BCUT2D eigenvalue weighted by Gasteiger charge is 2.30. The number of nitrogens with zero attached hydrogens (tertiary/aromatic N) is 3. The smallest absolute Gasteiger partial charge is 0.261 e. The fourth-order valence-corrected chi connectivity index (χ4v) is 4.65. The van der Waals surface area contributed by atoms with Crippen molar-refractivity contribution in [3.05, 3.63) is 75.3 Å². The van der Waals surface area contributed by atoms with Crippen molar-refractivity contribution in [1.82, 2.24) is 14.5 Å². The van der Waals surface area contributed by atoms with Crippen LogP contribution < -0.4 is 11.3 Å². The monoisotopic (exact) mass is 482 g/mol. The molecule has 0 aliphatic heterocycles. The van der Waals surface area contributed by atoms with Gasteiger partial charge in [0.1, 0.15) is 5.82 Å². The van der Waals surface area contributed by atoms with E-state index in [1.807, 2.05) is 49.1 Å². The number of benzene rings is 2. The molecule has 1 aromatic heterocycles. The molecule has 2 N–H and O–H groups in total. The van der Waals surface area contributed by atoms with Crippen LogP contribution in [-0.4, -0.2) is 33.4 Å². The summed E-state index contributed by atoms with van der Waals surface area (Å²) in [4.78, 5) is 33.6. The minimum atomic E-state index is -0.374. The molecule has 2 unspecified atom stereocenters. The first-order valence-electron chi connectivity index (χ1n) is 12.1. The Labute approximate surface area is 206 Å². The minimum absolute atomic E-state index is 0.0560. The molecule has 3 aromatic rings. The van der Waals surface area contributed by atoms with Gasteiger partial charge in [-0.05, 0) is 56.5 Å². The van der Waals surface area contributed by atoms with Gasteiger partial charge in [0.25, 0.3) is 5.56 Å². The molecular weight excluding hydrogens is 448 g/mol. The highest BCUT2D eigenvalue weighted by molar-refractivity contribution is 6.31. The van der Waals surface area contributed by atoms with E-state index in [1.165, 1.54) is 0 Å². The van der Waals surface area contributed by atoms with E-state index < -0.39 is 0 Å². The normalized spacial score (nSPS) is 13.1. The number of nitrogens with two attached hydrogens (primary N) is 1. The molecular formula is C27H35ClN4O2. The lowest BCUT2D eigenvalue weighted by Gasteiger charge is -2.33. The first kappa shape index (κ1) is 25.9. The predicted octanol–water partition coefficient (Wildman–Crippen LogP) is 5.19. The first-order valence-corrected chi connectivity index (χ1v) is 12.5. The molecule has 1 heterocycles. The molecule has 182 valence electrons. The second-order valence-electron chi connectivity index (χ2n) is 8.78. The Morgan fingerprint density at radius 2 is 1.82 bits per heavy atom. The summed E-state index contributed by atoms with van der Waals surface area (Å²) >= 11 is 6.17. The average Bonchev–Trinajstić information content (AvgIpc) is 2.84. The lowest BCUT2D eigenvalue weighted by molar-refractivity contribution is -0.135. The van der Waals surface area contributed by atoms with Crippen molar-refractivity contribution in [2.45, 2.75) is 57.9 Å². The molecule has 0 saturated heterocycles. The summed E-state index contributed by atoms with van der Waals surface area (Å²) in [5, 5.41) is 1.04. The summed E-state index contributed by atoms with van der Waals surface area (Å²) in [6, 6.07) is 14.6. The van der Waals surface area contributed by atoms with Crippen LogP contribution in [0.3, 0.4) is 0 Å². The molecule has 3 rings (SSSR count). The SMILES string of the molecule is CCC(C(=O)N(CCCCCCN)C(C)c1nc2cc(Cl)ccc2c(=O)n1C)c1ccccc1. The molecule has 2 aromatic carbocycles. The minimum Gasteiger partial charge on any atom is -0.332 e. The van der Waals surface area contributed by atoms with E-state index in [-0.39, 0.29) is 23.4 Å². The summed E-state index contributed by atoms with van der Waals surface area (Å²) in [5.41, 5.74) is 7.04. The Morgan fingerprint density at radius 3 is 2.50 bits per heavy atom. The van der Waals surface area contributed by atoms with Gasteiger partial charge in [0.05, 0.1) is 22.9 Å². The average molecular weight is 483 g/mol. The molecule has 0 saturated carbocycles. The maximum Gasteiger partial charge on any atom is 0.261 e. The van der Waals surface area contributed by atoms with Gasteiger partial charge in [-0.2, -0.15) is 0 Å². The van der Waals surface area contributed by atoms with Gasteiger partial charge in [0.15, 0.2) is 0 Å². The lowest BCUT2D eigenvalue weighted by atomic mass is 9.94. The van der Waals surface area contributed by atoms with Crippen molar-refractivity contribution in [3.8, 4) is 0 Å². The van der Waals surface area contributed by atoms with Crippen molar-refractivity contribution in [3.63, 3.8) is 0 Å². The maximum atomic E-state index is 13.9. The number of carbonyl (C=O) groups is 1. The predicted molar refractivity (Wildman–Crippen MR) is 139 cm³/mol. The highest BCUT2D eigenvalue weighted by atomic mass is 35.5. The second kappa shape index (κ2) is 12.1. The number of amides is 1. The molecule has 0 fully saturated rings. The zero-order valence-corrected chi connectivity index (χ0v) is 21.1. The summed E-state index contributed by atoms with van der Waals surface area (Å²) in [6.45, 7) is 5.26. The van der Waals surface area contributed by atoms with Gasteiger partial charge in [-0.25, -0.2) is 4.98 Å². The Hall–Kier alpha value is -2.70. The lowest BCUT2D eigenvalue weighted by Crippen LogP contribution is -2.40. The van der Waals surface area contributed by atoms with Crippen LogP contribution in [-0.2, 0) is 11.8 Å². The van der Waals surface area contributed by atoms with Crippen LogP contribution in [0.1, 0.15) is 69.3 Å². The molecule has 0 spiro atoms. The van der Waals surface area contributed by atoms with E-state index in [9.17, 15) is 9.59 Å². The van der Waals surface area contributed by atoms with E-state index in [1.54, 1.807) is 29.8 Å². The van der Waals surface area contributed by atoms with Crippen LogP contribution in [0.4, 0.5) is 0 Å². The van der Waals surface area contributed by atoms with Crippen LogP contribution >= 0.6 is 11.6 Å². The van der Waals surface area contributed by atoms with E-state index in [0.717, 1.165) is 31.2 Å². The molecule has 7 heteroatoms. The Morgan fingerprint density at radius 1 is 1.12 bits per heavy atom. The summed E-state index contributed by atoms with van der Waals surface area (Å²) in [7, 11) is 1.72. The van der Waals surface area contributed by atoms with Gasteiger partial charge >= 0.3 is 0 Å². The van der Waals surface area contributed by atoms with Crippen molar-refractivity contribution in [1.29, 1.82) is 0 Å². The Balaban J connectivity index is 1.99. The largest absolute Gasteiger partial charge is 0.332 e. The standard InChI is InChI=1S/C27H35ClN4O2/c1-4-22(20-12-8-7-9-13-20)27(34)32(17-11-6-5-10-16-29)19(2)25-30-24-18-21(28)14-15-23(24)26(33)31(25)3/h7-9,12-15,18-19,22H,4-6,10-11,16-17,29H2,1-3H3. The molecule has 0 radical (unpaired) electrons. The van der Waals surface area contributed by atoms with Crippen LogP contribution in [0.2, 0.25) is 5.02 Å². The molecule has 2 atom stereocenters. The van der Waals surface area contributed by atoms with Crippen molar-refractivity contribution in [2.75, 3.05) is 13.1 Å². The highest BCUT2D eigenvalue weighted by Crippen LogP contribution is 2.28. The van der Waals surface area contributed by atoms with Crippen LogP contribution in [0, 0.1) is 0 Å². The number of hydrogen-bond acceptors (Lipinski definition) is 4. The topological polar surface area (TPSA) is 81.2 Å². The molecule has 0 aliphatic carbocycles. The number of hydrogen-bond donors (Lipinski definition) is 1. The van der Waals surface area contributed by atoms with Gasteiger partial charge in [0, 0.05) is 18.6 Å². The summed E-state index contributed by atoms with van der Waals surface area (Å²) in [6.07, 6.45) is 4.57. The number of carbonyl (C=O) groups excluding carboxylic acids is 1. The second-order valence-corrected chi connectivity index (χ2v) is 9.21. The fraction of sp³-hybridized carbons (Fsp3) is 0.444. The van der Waals surface area contributed by atoms with Crippen molar-refractivity contribution < 1.29 is 4.79 Å². The van der Waals surface area contributed by atoms with Gasteiger partial charge in [-0.1, -0.05) is 61.7 Å². The number of fused-ring (bicyclic) bond motifs is 1. The van der Waals surface area contributed by atoms with E-state index in [2.05, 4.69) is 0 Å². The molecule has 6 nitrogen and oxygen atoms in total. The summed E-state index contributed by atoms with van der Waals surface area (Å²) in [5.74, 6) is 0.359. The van der Waals surface area contributed by atoms with Crippen molar-refractivity contribution >= 4 is 28.4 Å². The number of halogens is 1. The van der Waals surface area contributed by atoms with Gasteiger partial charge in [0.2, 0.25) is 5.91 Å². The summed E-state index contributed by atoms with van der Waals surface area (Å²) < 4.78 is 1.55. The van der Waals surface area contributed by atoms with E-state index in [0.29, 0.717) is 41.3 Å². The third-order valence-corrected chi connectivity index (χ3v) is 6.69. The van der Waals surface area contributed by atoms with Gasteiger partial charge < -0.3 is 10.6 Å². The first-order chi connectivity index (χ1) is 16.4. The number of aromatic nitrogens is 2. The Kier molecular flexibility index (Phi) is 9.25. The third kappa shape index (κ3) is 5.86. The van der Waals surface area contributed by atoms with E-state index >= 15 is 0 Å². The molecule has 0 bridgehead atoms. The van der Waals surface area contributed by atoms with Crippen LogP contribution in [0.5, 0.6) is 0 Å². The van der Waals surface area contributed by atoms with Gasteiger partial charge in [-0.3, -0.25) is 14.2 Å². The zero-order chi connectivity index (χ0) is 24.7. The van der Waals surface area contributed by atoms with Gasteiger partial charge in [-0.15, -0.1) is 0 Å². The van der Waals surface area contributed by atoms with E-state index in [4.69, 9.17) is 22.3 Å². The maximum absolute atomic E-state index is 13.9. The number of unbranched alkanes of at least 4 members (excludes halogenated alkanes) is 3. The number of rotatable bonds is 11. The third-order valence-electron chi connectivity index (χ3n) is 6.46. The van der Waals surface area contributed by atoms with Crippen LogP contribution in [0.15, 0.2) is 53.3 Å². The molecule has 34 heavy (non-hydrogen) atoms. The quantitative estimate of drug-likeness (QED) is 0.381. The molecule has 0 aliphatic rings. The fourth-order valence-electron chi connectivity index (χ4n) is 4.49. The molecule has 1 amide bonds. The zero-order valence-electron chi connectivity index (χ0n) is 20.3. The van der Waals surface area contributed by atoms with Crippen LogP contribution in [0.25, 0.3) is 10.9 Å². The Bertz CT molecular complexity index is 1160.